The van der Waals surface area contributed by atoms with Gasteiger partial charge >= 0.3 is 5.97 Å². The van der Waals surface area contributed by atoms with Gasteiger partial charge in [-0.25, -0.2) is 9.78 Å². The lowest BCUT2D eigenvalue weighted by Crippen LogP contribution is -2.20. The minimum absolute atomic E-state index is 0.169. The van der Waals surface area contributed by atoms with Crippen molar-refractivity contribution in [3.63, 3.8) is 0 Å². The molecule has 1 fully saturated rings. The van der Waals surface area contributed by atoms with E-state index in [9.17, 15) is 4.79 Å². The van der Waals surface area contributed by atoms with Crippen molar-refractivity contribution in [3.05, 3.63) is 70.9 Å². The maximum Gasteiger partial charge on any atom is 0.330 e. The predicted molar refractivity (Wildman–Crippen MR) is 135 cm³/mol. The Kier molecular flexibility index (Phi) is 7.77. The molecular formula is C26H27ClN4O3. The summed E-state index contributed by atoms with van der Waals surface area (Å²) in [6.45, 7) is 5.43. The lowest BCUT2D eigenvalue weighted by molar-refractivity contribution is -0.137. The third-order valence-electron chi connectivity index (χ3n) is 5.38. The number of carbonyl (C=O) groups excluding carboxylic acids is 1. The fraction of sp³-hybridized carbons (Fsp3) is 0.269. The normalized spacial score (nSPS) is 15.4. The predicted octanol–water partition coefficient (Wildman–Crippen LogP) is 5.63. The van der Waals surface area contributed by atoms with Gasteiger partial charge in [-0.3, -0.25) is 0 Å². The van der Waals surface area contributed by atoms with Crippen molar-refractivity contribution in [3.8, 4) is 11.1 Å². The molecule has 2 heterocycles. The van der Waals surface area contributed by atoms with Crippen molar-refractivity contribution in [1.82, 2.24) is 9.97 Å². The number of esters is 1. The summed E-state index contributed by atoms with van der Waals surface area (Å²) in [5.41, 5.74) is 4.47. The monoisotopic (exact) mass is 478 g/mol. The van der Waals surface area contributed by atoms with Gasteiger partial charge in [-0.05, 0) is 61.2 Å². The number of hydrogen-bond acceptors (Lipinski definition) is 7. The Balaban J connectivity index is 1.63. The summed E-state index contributed by atoms with van der Waals surface area (Å²) in [6.07, 6.45) is 5.85. The average Bonchev–Trinajstić information content (AvgIpc) is 3.34. The summed E-state index contributed by atoms with van der Waals surface area (Å²) in [7, 11) is 0. The van der Waals surface area contributed by atoms with Crippen LogP contribution in [0.25, 0.3) is 17.2 Å². The van der Waals surface area contributed by atoms with E-state index in [0.717, 1.165) is 41.0 Å². The Hall–Kier alpha value is -3.42. The van der Waals surface area contributed by atoms with Crippen molar-refractivity contribution in [2.45, 2.75) is 26.3 Å². The van der Waals surface area contributed by atoms with E-state index < -0.39 is 0 Å². The topological polar surface area (TPSA) is 85.4 Å². The number of carbonyl (C=O) groups is 1. The maximum atomic E-state index is 11.7. The largest absolute Gasteiger partial charge is 0.463 e. The Morgan fingerprint density at radius 1 is 1.29 bits per heavy atom. The minimum Gasteiger partial charge on any atom is -0.463 e. The van der Waals surface area contributed by atoms with Crippen molar-refractivity contribution >= 4 is 41.1 Å². The van der Waals surface area contributed by atoms with Crippen molar-refractivity contribution in [2.24, 2.45) is 0 Å². The molecule has 176 valence electrons. The number of nitrogens with zero attached hydrogens (tertiary/aromatic N) is 2. The highest BCUT2D eigenvalue weighted by atomic mass is 35.5. The first-order valence-electron chi connectivity index (χ1n) is 11.2. The van der Waals surface area contributed by atoms with Crippen LogP contribution in [-0.4, -0.2) is 41.8 Å². The van der Waals surface area contributed by atoms with E-state index in [-0.39, 0.29) is 12.0 Å². The molecule has 1 aliphatic rings. The van der Waals surface area contributed by atoms with Gasteiger partial charge < -0.3 is 20.1 Å². The van der Waals surface area contributed by atoms with E-state index in [2.05, 4.69) is 15.6 Å². The minimum atomic E-state index is -0.369. The van der Waals surface area contributed by atoms with Crippen LogP contribution >= 0.6 is 11.6 Å². The zero-order chi connectivity index (χ0) is 23.9. The van der Waals surface area contributed by atoms with Gasteiger partial charge in [0.25, 0.3) is 0 Å². The molecule has 2 aromatic carbocycles. The number of hydrogen-bond donors (Lipinski definition) is 2. The molecule has 8 heteroatoms. The molecule has 0 radical (unpaired) electrons. The van der Waals surface area contributed by atoms with Gasteiger partial charge in [0.15, 0.2) is 0 Å². The van der Waals surface area contributed by atoms with Crippen molar-refractivity contribution in [1.29, 1.82) is 0 Å². The van der Waals surface area contributed by atoms with E-state index >= 15 is 0 Å². The van der Waals surface area contributed by atoms with E-state index in [1.54, 1.807) is 19.2 Å². The first-order chi connectivity index (χ1) is 16.5. The number of aryl methyl sites for hydroxylation is 1. The van der Waals surface area contributed by atoms with Gasteiger partial charge in [-0.15, -0.1) is 0 Å². The molecule has 1 saturated heterocycles. The van der Waals surface area contributed by atoms with Gasteiger partial charge in [0, 0.05) is 35.2 Å². The van der Waals surface area contributed by atoms with Crippen LogP contribution in [0.1, 0.15) is 24.5 Å². The number of halogens is 1. The van der Waals surface area contributed by atoms with Gasteiger partial charge in [0.1, 0.15) is 5.82 Å². The molecular weight excluding hydrogens is 452 g/mol. The second kappa shape index (κ2) is 11.1. The molecule has 0 saturated carbocycles. The third kappa shape index (κ3) is 6.12. The molecule has 1 aromatic heterocycles. The van der Waals surface area contributed by atoms with E-state index in [0.29, 0.717) is 30.0 Å². The standard InChI is InChI=1S/C26H27ClN4O3/c1-3-34-24(32)10-8-18-5-4-6-19(13-18)22-15-28-26(30-20-9-7-17(2)23(27)14-20)31-25(22)29-21-11-12-33-16-21/h4-10,13-15,21H,3,11-12,16H2,1-2H3,(H2,28,29,30,31). The Morgan fingerprint density at radius 3 is 2.94 bits per heavy atom. The van der Waals surface area contributed by atoms with Crippen LogP contribution in [0.5, 0.6) is 0 Å². The number of nitrogens with one attached hydrogen (secondary N) is 2. The third-order valence-corrected chi connectivity index (χ3v) is 5.79. The van der Waals surface area contributed by atoms with Crippen LogP contribution in [0, 0.1) is 6.92 Å². The molecule has 2 N–H and O–H groups in total. The average molecular weight is 479 g/mol. The summed E-state index contributed by atoms with van der Waals surface area (Å²) in [5, 5.41) is 7.41. The molecule has 3 aromatic rings. The van der Waals surface area contributed by atoms with Crippen LogP contribution in [0.15, 0.2) is 54.7 Å². The maximum absolute atomic E-state index is 11.7. The SMILES string of the molecule is CCOC(=O)C=Cc1cccc(-c2cnc(Nc3ccc(C)c(Cl)c3)nc2NC2CCOC2)c1. The van der Waals surface area contributed by atoms with Gasteiger partial charge in [0.05, 0.1) is 19.3 Å². The summed E-state index contributed by atoms with van der Waals surface area (Å²) in [6, 6.07) is 13.7. The van der Waals surface area contributed by atoms with E-state index in [4.69, 9.17) is 26.1 Å². The molecule has 1 aliphatic heterocycles. The molecule has 0 spiro atoms. The highest BCUT2D eigenvalue weighted by molar-refractivity contribution is 6.31. The zero-order valence-corrected chi connectivity index (χ0v) is 19.9. The first-order valence-corrected chi connectivity index (χ1v) is 11.6. The van der Waals surface area contributed by atoms with Gasteiger partial charge in [-0.2, -0.15) is 4.98 Å². The van der Waals surface area contributed by atoms with E-state index in [1.165, 1.54) is 6.08 Å². The second-order valence-corrected chi connectivity index (χ2v) is 8.37. The molecule has 7 nitrogen and oxygen atoms in total. The molecule has 34 heavy (non-hydrogen) atoms. The van der Waals surface area contributed by atoms with E-state index in [1.807, 2.05) is 49.4 Å². The lowest BCUT2D eigenvalue weighted by atomic mass is 10.0. The second-order valence-electron chi connectivity index (χ2n) is 7.96. The quantitative estimate of drug-likeness (QED) is 0.320. The van der Waals surface area contributed by atoms with Crippen molar-refractivity contribution in [2.75, 3.05) is 30.5 Å². The highest BCUT2D eigenvalue weighted by Crippen LogP contribution is 2.30. The van der Waals surface area contributed by atoms with Crippen LogP contribution in [0.2, 0.25) is 5.02 Å². The molecule has 0 aliphatic carbocycles. The van der Waals surface area contributed by atoms with Crippen LogP contribution in [-0.2, 0) is 14.3 Å². The fourth-order valence-corrected chi connectivity index (χ4v) is 3.75. The van der Waals surface area contributed by atoms with Gasteiger partial charge in [0.2, 0.25) is 5.95 Å². The summed E-state index contributed by atoms with van der Waals surface area (Å²) in [5.74, 6) is 0.799. The van der Waals surface area contributed by atoms with Gasteiger partial charge in [-0.1, -0.05) is 35.9 Å². The Morgan fingerprint density at radius 2 is 2.18 bits per heavy atom. The van der Waals surface area contributed by atoms with Crippen LogP contribution < -0.4 is 10.6 Å². The zero-order valence-electron chi connectivity index (χ0n) is 19.2. The number of benzene rings is 2. The first kappa shape index (κ1) is 23.7. The lowest BCUT2D eigenvalue weighted by Gasteiger charge is -2.17. The smallest absolute Gasteiger partial charge is 0.330 e. The Labute approximate surface area is 204 Å². The number of rotatable bonds is 8. The molecule has 4 rings (SSSR count). The summed E-state index contributed by atoms with van der Waals surface area (Å²) < 4.78 is 10.5. The van der Waals surface area contributed by atoms with Crippen LogP contribution in [0.4, 0.5) is 17.5 Å². The number of ether oxygens (including phenoxy) is 2. The Bertz CT molecular complexity index is 1190. The fourth-order valence-electron chi connectivity index (χ4n) is 3.57. The van der Waals surface area contributed by atoms with Crippen LogP contribution in [0.3, 0.4) is 0 Å². The highest BCUT2D eigenvalue weighted by Gasteiger charge is 2.19. The number of aromatic nitrogens is 2. The molecule has 1 unspecified atom stereocenters. The number of anilines is 3. The molecule has 1 atom stereocenters. The molecule has 0 bridgehead atoms. The summed E-state index contributed by atoms with van der Waals surface area (Å²) in [4.78, 5) is 21.0. The molecule has 0 amide bonds. The van der Waals surface area contributed by atoms with Crippen molar-refractivity contribution < 1.29 is 14.3 Å². The summed E-state index contributed by atoms with van der Waals surface area (Å²) >= 11 is 6.27.